The number of ether oxygens (including phenoxy) is 1. The van der Waals surface area contributed by atoms with Crippen molar-refractivity contribution in [3.05, 3.63) is 113 Å². The fourth-order valence-corrected chi connectivity index (χ4v) is 5.91. The molecule has 266 valence electrons. The van der Waals surface area contributed by atoms with Crippen LogP contribution >= 0.6 is 0 Å². The maximum Gasteiger partial charge on any atom is 0.408 e. The minimum atomic E-state index is -0.866. The fraction of sp³-hybridized carbons (Fsp3) is 0.366. The largest absolute Gasteiger partial charge is 0.444 e. The molecule has 1 fully saturated rings. The summed E-state index contributed by atoms with van der Waals surface area (Å²) < 4.78 is 5.35. The first-order valence-corrected chi connectivity index (χ1v) is 17.6. The number of amides is 3. The second-order valence-electron chi connectivity index (χ2n) is 13.8. The maximum atomic E-state index is 13.0. The number of rotatable bonds is 12. The van der Waals surface area contributed by atoms with Crippen LogP contribution in [0.4, 0.5) is 4.79 Å². The van der Waals surface area contributed by atoms with Gasteiger partial charge in [0.15, 0.2) is 0 Å². The molecule has 2 unspecified atom stereocenters. The molecule has 10 nitrogen and oxygen atoms in total. The molecule has 2 heterocycles. The van der Waals surface area contributed by atoms with Gasteiger partial charge in [0.25, 0.3) is 5.91 Å². The van der Waals surface area contributed by atoms with Gasteiger partial charge in [0.05, 0.1) is 17.9 Å². The molecule has 0 radical (unpaired) electrons. The van der Waals surface area contributed by atoms with Gasteiger partial charge in [0.2, 0.25) is 5.91 Å². The van der Waals surface area contributed by atoms with Crippen LogP contribution in [0.3, 0.4) is 0 Å². The van der Waals surface area contributed by atoms with Crippen molar-refractivity contribution >= 4 is 17.9 Å². The van der Waals surface area contributed by atoms with Crippen LogP contribution in [0.2, 0.25) is 0 Å². The highest BCUT2D eigenvalue weighted by molar-refractivity contribution is 5.94. The van der Waals surface area contributed by atoms with Crippen LogP contribution in [0, 0.1) is 11.8 Å². The highest BCUT2D eigenvalue weighted by atomic mass is 16.6. The second-order valence-corrected chi connectivity index (χ2v) is 13.8. The Morgan fingerprint density at radius 2 is 1.55 bits per heavy atom. The molecule has 5 rings (SSSR count). The molecule has 3 aromatic carbocycles. The molecule has 0 bridgehead atoms. The van der Waals surface area contributed by atoms with E-state index < -0.39 is 17.7 Å². The van der Waals surface area contributed by atoms with E-state index in [1.165, 1.54) is 6.42 Å². The number of aromatic amines is 1. The van der Waals surface area contributed by atoms with Gasteiger partial charge in [-0.1, -0.05) is 54.3 Å². The van der Waals surface area contributed by atoms with Crippen LogP contribution < -0.4 is 16.0 Å². The number of hydrogen-bond acceptors (Lipinski definition) is 6. The van der Waals surface area contributed by atoms with Crippen molar-refractivity contribution in [1.29, 1.82) is 0 Å². The third-order valence-corrected chi connectivity index (χ3v) is 8.62. The quantitative estimate of drug-likeness (QED) is 0.0991. The monoisotopic (exact) mass is 688 g/mol. The van der Waals surface area contributed by atoms with Crippen LogP contribution in [0.5, 0.6) is 0 Å². The number of carbonyl (C=O) groups is 3. The molecule has 0 saturated carbocycles. The van der Waals surface area contributed by atoms with Crippen molar-refractivity contribution in [3.8, 4) is 23.1 Å². The van der Waals surface area contributed by atoms with E-state index in [4.69, 9.17) is 4.74 Å². The minimum absolute atomic E-state index is 0.140. The first-order chi connectivity index (χ1) is 24.6. The van der Waals surface area contributed by atoms with E-state index in [-0.39, 0.29) is 11.8 Å². The van der Waals surface area contributed by atoms with Gasteiger partial charge in [0, 0.05) is 29.8 Å². The zero-order valence-corrected chi connectivity index (χ0v) is 29.9. The molecule has 0 aliphatic carbocycles. The van der Waals surface area contributed by atoms with Gasteiger partial charge in [-0.15, -0.1) is 0 Å². The van der Waals surface area contributed by atoms with Gasteiger partial charge in [-0.3, -0.25) is 14.5 Å². The second kappa shape index (κ2) is 17.5. The number of hydrogen-bond donors (Lipinski definition) is 4. The van der Waals surface area contributed by atoms with Gasteiger partial charge in [-0.05, 0) is 114 Å². The van der Waals surface area contributed by atoms with Crippen LogP contribution in [-0.2, 0) is 9.53 Å². The van der Waals surface area contributed by atoms with E-state index in [9.17, 15) is 14.4 Å². The molecular formula is C41H48N6O4. The lowest BCUT2D eigenvalue weighted by Crippen LogP contribution is -2.42. The lowest BCUT2D eigenvalue weighted by Gasteiger charge is -2.23. The fourth-order valence-electron chi connectivity index (χ4n) is 5.91. The molecule has 1 aromatic heterocycles. The number of aromatic nitrogens is 2. The average molecular weight is 689 g/mol. The summed E-state index contributed by atoms with van der Waals surface area (Å²) in [6.07, 6.45) is 5.88. The number of nitrogens with zero attached hydrogens (tertiary/aromatic N) is 2. The molecule has 2 atom stereocenters. The number of carbonyl (C=O) groups excluding carboxylic acids is 3. The first kappa shape index (κ1) is 36.9. The Labute approximate surface area is 300 Å². The van der Waals surface area contributed by atoms with E-state index in [1.54, 1.807) is 45.0 Å². The van der Waals surface area contributed by atoms with Gasteiger partial charge < -0.3 is 25.7 Å². The summed E-state index contributed by atoms with van der Waals surface area (Å²) in [6, 6.07) is 23.9. The molecule has 3 amide bonds. The Morgan fingerprint density at radius 1 is 0.902 bits per heavy atom. The van der Waals surface area contributed by atoms with Gasteiger partial charge >= 0.3 is 6.09 Å². The van der Waals surface area contributed by atoms with Crippen molar-refractivity contribution in [2.75, 3.05) is 26.7 Å². The van der Waals surface area contributed by atoms with E-state index in [2.05, 4.69) is 61.8 Å². The topological polar surface area (TPSA) is 128 Å². The Bertz CT molecular complexity index is 1820. The van der Waals surface area contributed by atoms with E-state index in [0.717, 1.165) is 60.4 Å². The molecule has 1 aliphatic heterocycles. The summed E-state index contributed by atoms with van der Waals surface area (Å²) in [5, 5.41) is 8.55. The minimum Gasteiger partial charge on any atom is -0.444 e. The Morgan fingerprint density at radius 3 is 2.18 bits per heavy atom. The van der Waals surface area contributed by atoms with E-state index in [1.807, 2.05) is 48.7 Å². The SMILES string of the molecule is CN1CCCC1c1ncc(-c2ccc(C#Cc3ccc(C(=O)NCCCCCNC(=O)C(NC(=O)OC(C)(C)C)c4ccccc4)cc3)cc2)[nH]1. The first-order valence-electron chi connectivity index (χ1n) is 17.6. The zero-order chi connectivity index (χ0) is 36.2. The van der Waals surface area contributed by atoms with Crippen LogP contribution in [0.15, 0.2) is 85.1 Å². The predicted octanol–water partition coefficient (Wildman–Crippen LogP) is 6.53. The summed E-state index contributed by atoms with van der Waals surface area (Å²) in [6.45, 7) is 7.39. The summed E-state index contributed by atoms with van der Waals surface area (Å²) in [4.78, 5) is 48.5. The molecule has 51 heavy (non-hydrogen) atoms. The third-order valence-electron chi connectivity index (χ3n) is 8.62. The highest BCUT2D eigenvalue weighted by Crippen LogP contribution is 2.30. The molecule has 10 heteroatoms. The Kier molecular flexibility index (Phi) is 12.7. The standard InChI is InChI=1S/C41H48N6O4/c1-41(2,3)51-40(50)46-36(32-12-7-5-8-13-32)39(49)43-26-10-6-9-25-42-38(48)33-23-19-30(20-24-33)16-15-29-17-21-31(22-18-29)34-28-44-37(45-34)35-14-11-27-47(35)4/h5,7-8,12-13,17-24,28,35-36H,6,9-11,14,25-27H2,1-4H3,(H,42,48)(H,43,49)(H,44,45)(H,46,50). The number of benzene rings is 3. The van der Waals surface area contributed by atoms with Gasteiger partial charge in [0.1, 0.15) is 17.5 Å². The molecule has 4 aromatic rings. The number of likely N-dealkylation sites (tertiary alicyclic amines) is 1. The predicted molar refractivity (Wildman–Crippen MR) is 199 cm³/mol. The van der Waals surface area contributed by atoms with Gasteiger partial charge in [-0.25, -0.2) is 9.78 Å². The number of unbranched alkanes of at least 4 members (excludes halogenated alkanes) is 2. The van der Waals surface area contributed by atoms with Crippen molar-refractivity contribution in [1.82, 2.24) is 30.8 Å². The number of alkyl carbamates (subject to hydrolysis) is 1. The highest BCUT2D eigenvalue weighted by Gasteiger charge is 2.26. The summed E-state index contributed by atoms with van der Waals surface area (Å²) >= 11 is 0. The van der Waals surface area contributed by atoms with Crippen molar-refractivity contribution < 1.29 is 19.1 Å². The number of H-pyrrole nitrogens is 1. The molecule has 4 N–H and O–H groups in total. The maximum absolute atomic E-state index is 13.0. The molecular weight excluding hydrogens is 640 g/mol. The van der Waals surface area contributed by atoms with Crippen molar-refractivity contribution in [2.45, 2.75) is 70.6 Å². The van der Waals surface area contributed by atoms with E-state index >= 15 is 0 Å². The van der Waals surface area contributed by atoms with Crippen LogP contribution in [-0.4, -0.2) is 65.1 Å². The van der Waals surface area contributed by atoms with E-state index in [0.29, 0.717) is 30.3 Å². The number of imidazole rings is 1. The summed E-state index contributed by atoms with van der Waals surface area (Å²) in [7, 11) is 2.14. The van der Waals surface area contributed by atoms with Crippen molar-refractivity contribution in [3.63, 3.8) is 0 Å². The van der Waals surface area contributed by atoms with Gasteiger partial charge in [-0.2, -0.15) is 0 Å². The normalized spacial score (nSPS) is 14.9. The summed E-state index contributed by atoms with van der Waals surface area (Å²) in [5.74, 6) is 6.96. The lowest BCUT2D eigenvalue weighted by atomic mass is 10.1. The number of nitrogens with one attached hydrogen (secondary N) is 4. The smallest absolute Gasteiger partial charge is 0.408 e. The molecule has 1 aliphatic rings. The summed E-state index contributed by atoms with van der Waals surface area (Å²) in [5.41, 5.74) is 4.37. The molecule has 1 saturated heterocycles. The molecule has 0 spiro atoms. The zero-order valence-electron chi connectivity index (χ0n) is 29.9. The van der Waals surface area contributed by atoms with Crippen molar-refractivity contribution in [2.24, 2.45) is 0 Å². The Balaban J connectivity index is 1.01. The Hall–Kier alpha value is -5.40. The average Bonchev–Trinajstić information content (AvgIpc) is 3.78. The van der Waals surface area contributed by atoms with Crippen LogP contribution in [0.1, 0.15) is 97.8 Å². The third kappa shape index (κ3) is 11.0. The van der Waals surface area contributed by atoms with Crippen LogP contribution in [0.25, 0.3) is 11.3 Å². The lowest BCUT2D eigenvalue weighted by molar-refractivity contribution is -0.123.